The highest BCUT2D eigenvalue weighted by atomic mass is 32.2. The molecule has 0 aromatic carbocycles. The van der Waals surface area contributed by atoms with Gasteiger partial charge in [0.25, 0.3) is 0 Å². The van der Waals surface area contributed by atoms with Crippen molar-refractivity contribution < 1.29 is 19.4 Å². The maximum Gasteiger partial charge on any atom is 0.327 e. The highest BCUT2D eigenvalue weighted by Gasteiger charge is 2.51. The molecule has 0 bridgehead atoms. The van der Waals surface area contributed by atoms with Gasteiger partial charge in [-0.2, -0.15) is 0 Å². The second-order valence-corrected chi connectivity index (χ2v) is 6.76. The lowest BCUT2D eigenvalue weighted by molar-refractivity contribution is -0.149. The molecule has 0 aromatic rings. The minimum atomic E-state index is -0.880. The number of rotatable bonds is 3. The largest absolute Gasteiger partial charge is 0.480 e. The van der Waals surface area contributed by atoms with Gasteiger partial charge < -0.3 is 14.7 Å². The van der Waals surface area contributed by atoms with Gasteiger partial charge in [0.1, 0.15) is 6.04 Å². The summed E-state index contributed by atoms with van der Waals surface area (Å²) in [6.07, 6.45) is 3.15. The number of methoxy groups -OCH3 is 1. The summed E-state index contributed by atoms with van der Waals surface area (Å²) in [4.78, 5) is 25.2. The van der Waals surface area contributed by atoms with Crippen molar-refractivity contribution in [2.45, 2.75) is 31.4 Å². The van der Waals surface area contributed by atoms with Crippen molar-refractivity contribution in [3.63, 3.8) is 0 Å². The molecule has 3 unspecified atom stereocenters. The van der Waals surface area contributed by atoms with Crippen LogP contribution in [0.5, 0.6) is 0 Å². The van der Waals surface area contributed by atoms with Gasteiger partial charge in [-0.3, -0.25) is 4.79 Å². The first-order valence-electron chi connectivity index (χ1n) is 6.75. The summed E-state index contributed by atoms with van der Waals surface area (Å²) < 4.78 is 5.39. The van der Waals surface area contributed by atoms with Crippen LogP contribution in [-0.2, 0) is 14.3 Å². The van der Waals surface area contributed by atoms with Gasteiger partial charge in [0, 0.05) is 18.8 Å². The van der Waals surface area contributed by atoms with Gasteiger partial charge in [0.05, 0.1) is 12.0 Å². The van der Waals surface area contributed by atoms with Crippen LogP contribution in [0.2, 0.25) is 0 Å². The van der Waals surface area contributed by atoms with Gasteiger partial charge in [-0.05, 0) is 31.1 Å². The summed E-state index contributed by atoms with van der Waals surface area (Å²) in [5, 5.41) is 9.14. The fourth-order valence-electron chi connectivity index (χ4n) is 3.73. The number of carbonyl (C=O) groups is 2. The highest BCUT2D eigenvalue weighted by Crippen LogP contribution is 2.51. The summed E-state index contributed by atoms with van der Waals surface area (Å²) in [7, 11) is 1.73. The van der Waals surface area contributed by atoms with Crippen LogP contribution in [0, 0.1) is 17.8 Å². The average molecular weight is 285 g/mol. The summed E-state index contributed by atoms with van der Waals surface area (Å²) in [5.74, 6) is 1.33. The van der Waals surface area contributed by atoms with Crippen molar-refractivity contribution in [2.24, 2.45) is 17.8 Å². The van der Waals surface area contributed by atoms with Gasteiger partial charge >= 0.3 is 5.97 Å². The molecule has 1 heterocycles. The number of nitrogens with zero attached hydrogens (tertiary/aromatic N) is 1. The normalized spacial score (nSPS) is 40.9. The molecule has 2 aliphatic carbocycles. The molecular formula is C13H19NO4S. The molecule has 3 fully saturated rings. The lowest BCUT2D eigenvalue weighted by Gasteiger charge is -2.39. The maximum absolute atomic E-state index is 12.5. The van der Waals surface area contributed by atoms with Gasteiger partial charge in [0.15, 0.2) is 0 Å². The Labute approximate surface area is 116 Å². The third kappa shape index (κ3) is 2.14. The van der Waals surface area contributed by atoms with Gasteiger partial charge in [0.2, 0.25) is 5.91 Å². The Morgan fingerprint density at radius 2 is 2.11 bits per heavy atom. The van der Waals surface area contributed by atoms with E-state index < -0.39 is 12.0 Å². The van der Waals surface area contributed by atoms with E-state index in [1.807, 2.05) is 0 Å². The number of hydrogen-bond donors (Lipinski definition) is 1. The quantitative estimate of drug-likeness (QED) is 0.839. The number of fused-ring (bicyclic) bond motifs is 1. The Morgan fingerprint density at radius 1 is 1.32 bits per heavy atom. The van der Waals surface area contributed by atoms with Crippen molar-refractivity contribution >= 4 is 23.6 Å². The van der Waals surface area contributed by atoms with Gasteiger partial charge in [-0.1, -0.05) is 0 Å². The van der Waals surface area contributed by atoms with Crippen LogP contribution in [0.1, 0.15) is 19.3 Å². The minimum Gasteiger partial charge on any atom is -0.480 e. The molecule has 0 spiro atoms. The second kappa shape index (κ2) is 4.98. The van der Waals surface area contributed by atoms with Crippen molar-refractivity contribution in [1.82, 2.24) is 4.90 Å². The third-order valence-electron chi connectivity index (χ3n) is 4.86. The van der Waals surface area contributed by atoms with Crippen LogP contribution in [0.3, 0.4) is 0 Å². The zero-order valence-corrected chi connectivity index (χ0v) is 11.8. The predicted molar refractivity (Wildman–Crippen MR) is 70.7 cm³/mol. The van der Waals surface area contributed by atoms with E-state index in [0.717, 1.165) is 19.3 Å². The van der Waals surface area contributed by atoms with E-state index in [4.69, 9.17) is 9.84 Å². The highest BCUT2D eigenvalue weighted by molar-refractivity contribution is 7.99. The van der Waals surface area contributed by atoms with Crippen molar-refractivity contribution in [2.75, 3.05) is 18.7 Å². The van der Waals surface area contributed by atoms with Crippen LogP contribution in [0.25, 0.3) is 0 Å². The fourth-order valence-corrected chi connectivity index (χ4v) is 4.89. The van der Waals surface area contributed by atoms with E-state index in [-0.39, 0.29) is 11.8 Å². The Kier molecular flexibility index (Phi) is 3.47. The molecular weight excluding hydrogens is 266 g/mol. The zero-order chi connectivity index (χ0) is 13.6. The van der Waals surface area contributed by atoms with Crippen molar-refractivity contribution in [3.8, 4) is 0 Å². The molecule has 106 valence electrons. The molecule has 5 nitrogen and oxygen atoms in total. The van der Waals surface area contributed by atoms with Crippen molar-refractivity contribution in [3.05, 3.63) is 0 Å². The molecule has 0 aromatic heterocycles. The molecule has 0 radical (unpaired) electrons. The van der Waals surface area contributed by atoms with Crippen LogP contribution >= 0.6 is 11.8 Å². The maximum atomic E-state index is 12.5. The molecule has 5 atom stereocenters. The molecule has 6 heteroatoms. The van der Waals surface area contributed by atoms with Gasteiger partial charge in [-0.25, -0.2) is 4.79 Å². The molecule has 1 aliphatic heterocycles. The van der Waals surface area contributed by atoms with E-state index in [2.05, 4.69) is 0 Å². The van der Waals surface area contributed by atoms with E-state index in [1.165, 1.54) is 11.8 Å². The number of carboxylic acids is 1. The summed E-state index contributed by atoms with van der Waals surface area (Å²) in [6, 6.07) is -0.631. The number of hydrogen-bond acceptors (Lipinski definition) is 4. The minimum absolute atomic E-state index is 0.00991. The second-order valence-electron chi connectivity index (χ2n) is 5.76. The average Bonchev–Trinajstić information content (AvgIpc) is 2.95. The third-order valence-corrected chi connectivity index (χ3v) is 5.88. The van der Waals surface area contributed by atoms with Crippen LogP contribution in [-0.4, -0.2) is 52.8 Å². The molecule has 2 saturated carbocycles. The molecule has 1 amide bonds. The SMILES string of the molecule is COC1C[C@@H]2CC(C(=O)N3CSCC3C(=O)O)C[C@H]12. The number of aliphatic carboxylic acids is 1. The number of carboxylic acid groups (broad SMARTS) is 1. The molecule has 3 aliphatic rings. The first-order valence-corrected chi connectivity index (χ1v) is 7.91. The summed E-state index contributed by atoms with van der Waals surface area (Å²) in [6.45, 7) is 0. The van der Waals surface area contributed by atoms with Gasteiger partial charge in [-0.15, -0.1) is 11.8 Å². The fraction of sp³-hybridized carbons (Fsp3) is 0.846. The van der Waals surface area contributed by atoms with E-state index in [1.54, 1.807) is 12.0 Å². The number of thioether (sulfide) groups is 1. The van der Waals surface area contributed by atoms with Crippen LogP contribution < -0.4 is 0 Å². The van der Waals surface area contributed by atoms with E-state index in [9.17, 15) is 9.59 Å². The Morgan fingerprint density at radius 3 is 2.79 bits per heavy atom. The topological polar surface area (TPSA) is 66.8 Å². The first kappa shape index (κ1) is 13.2. The Hall–Kier alpha value is -0.750. The summed E-state index contributed by atoms with van der Waals surface area (Å²) in [5.41, 5.74) is 0. The lowest BCUT2D eigenvalue weighted by Crippen LogP contribution is -2.44. The molecule has 1 saturated heterocycles. The summed E-state index contributed by atoms with van der Waals surface area (Å²) >= 11 is 1.53. The number of carbonyl (C=O) groups excluding carboxylic acids is 1. The smallest absolute Gasteiger partial charge is 0.327 e. The number of ether oxygens (including phenoxy) is 1. The molecule has 3 rings (SSSR count). The molecule has 19 heavy (non-hydrogen) atoms. The van der Waals surface area contributed by atoms with Crippen LogP contribution in [0.4, 0.5) is 0 Å². The van der Waals surface area contributed by atoms with E-state index in [0.29, 0.717) is 29.6 Å². The lowest BCUT2D eigenvalue weighted by atomic mass is 9.73. The zero-order valence-electron chi connectivity index (χ0n) is 10.9. The molecule has 1 N–H and O–H groups in total. The first-order chi connectivity index (χ1) is 9.11. The number of amides is 1. The standard InChI is InChI=1S/C13H19NO4S/c1-18-11-4-7-2-8(3-9(7)11)12(15)14-6-19-5-10(14)13(16)17/h7-11H,2-6H2,1H3,(H,16,17)/t7-,8?,9-,10?,11?/m0/s1. The predicted octanol–water partition coefficient (Wildman–Crippen LogP) is 1.03. The Bertz CT molecular complexity index is 402. The Balaban J connectivity index is 1.64. The van der Waals surface area contributed by atoms with E-state index >= 15 is 0 Å². The van der Waals surface area contributed by atoms with Crippen molar-refractivity contribution in [1.29, 1.82) is 0 Å². The monoisotopic (exact) mass is 285 g/mol. The van der Waals surface area contributed by atoms with Crippen LogP contribution in [0.15, 0.2) is 0 Å².